The summed E-state index contributed by atoms with van der Waals surface area (Å²) < 4.78 is 0. The van der Waals surface area contributed by atoms with Crippen molar-refractivity contribution in [3.8, 4) is 0 Å². The van der Waals surface area contributed by atoms with Gasteiger partial charge in [-0.3, -0.25) is 9.78 Å². The van der Waals surface area contributed by atoms with Crippen molar-refractivity contribution in [3.63, 3.8) is 0 Å². The molecular formula is C20H21N5O. The number of benzene rings is 1. The van der Waals surface area contributed by atoms with Crippen molar-refractivity contribution in [1.29, 1.82) is 0 Å². The highest BCUT2D eigenvalue weighted by Crippen LogP contribution is 2.41. The minimum atomic E-state index is -0.156. The molecule has 1 aliphatic carbocycles. The zero-order chi connectivity index (χ0) is 18.3. The summed E-state index contributed by atoms with van der Waals surface area (Å²) in [5.74, 6) is 5.43. The number of aromatic amines is 1. The fraction of sp³-hybridized carbons (Fsp3) is 0.250. The van der Waals surface area contributed by atoms with E-state index < -0.39 is 0 Å². The monoisotopic (exact) mass is 347 g/mol. The molecule has 132 valence electrons. The minimum Gasteiger partial charge on any atom is -0.353 e. The predicted molar refractivity (Wildman–Crippen MR) is 103 cm³/mol. The van der Waals surface area contributed by atoms with E-state index in [1.54, 1.807) is 18.5 Å². The van der Waals surface area contributed by atoms with Crippen LogP contribution < -0.4 is 11.2 Å². The molecule has 0 saturated carbocycles. The maximum Gasteiger partial charge on any atom is 0.255 e. The molecule has 1 aliphatic rings. The van der Waals surface area contributed by atoms with Crippen LogP contribution in [0.25, 0.3) is 10.9 Å². The lowest BCUT2D eigenvalue weighted by Gasteiger charge is -2.31. The van der Waals surface area contributed by atoms with Gasteiger partial charge in [-0.1, -0.05) is 13.8 Å². The number of anilines is 1. The van der Waals surface area contributed by atoms with E-state index in [1.165, 1.54) is 5.56 Å². The van der Waals surface area contributed by atoms with E-state index in [9.17, 15) is 4.79 Å². The maximum atomic E-state index is 12.6. The van der Waals surface area contributed by atoms with Gasteiger partial charge in [-0.2, -0.15) is 5.10 Å². The third kappa shape index (κ3) is 2.63. The number of nitrogens with zero attached hydrogens (tertiary/aromatic N) is 2. The van der Waals surface area contributed by atoms with Crippen LogP contribution in [0.2, 0.25) is 0 Å². The van der Waals surface area contributed by atoms with Gasteiger partial charge in [0.25, 0.3) is 5.91 Å². The number of carbonyl (C=O) groups excluding carboxylic acids is 1. The van der Waals surface area contributed by atoms with E-state index in [4.69, 9.17) is 5.84 Å². The van der Waals surface area contributed by atoms with Gasteiger partial charge in [-0.25, -0.2) is 0 Å². The van der Waals surface area contributed by atoms with E-state index >= 15 is 0 Å². The average Bonchev–Trinajstić information content (AvgIpc) is 3.02. The van der Waals surface area contributed by atoms with Crippen molar-refractivity contribution in [2.45, 2.75) is 32.1 Å². The summed E-state index contributed by atoms with van der Waals surface area (Å²) in [4.78, 5) is 20.1. The van der Waals surface area contributed by atoms with Crippen LogP contribution in [0.1, 0.15) is 48.3 Å². The molecule has 1 aromatic carbocycles. The highest BCUT2D eigenvalue weighted by molar-refractivity contribution is 6.10. The number of pyridine rings is 1. The third-order valence-corrected chi connectivity index (χ3v) is 5.09. The van der Waals surface area contributed by atoms with Crippen LogP contribution in [0.15, 0.2) is 47.8 Å². The molecule has 4 N–H and O–H groups in total. The lowest BCUT2D eigenvalue weighted by atomic mass is 9.73. The Labute approximate surface area is 151 Å². The van der Waals surface area contributed by atoms with Crippen LogP contribution in [-0.4, -0.2) is 21.6 Å². The van der Waals surface area contributed by atoms with Crippen LogP contribution in [0.3, 0.4) is 0 Å². The first-order valence-corrected chi connectivity index (χ1v) is 8.64. The standard InChI is InChI=1S/C20H21N5O/c1-20(2)8-7-16(25-21)18-17(20)14-10-12(5-6-15(14)24-18)19(26)23-13-4-3-9-22-11-13/h3-6,9-11,24H,7-8,21H2,1-2H3,(H,23,26). The summed E-state index contributed by atoms with van der Waals surface area (Å²) in [5, 5.41) is 7.89. The Morgan fingerprint density at radius 3 is 2.92 bits per heavy atom. The number of fused-ring (bicyclic) bond motifs is 3. The molecule has 6 heteroatoms. The molecule has 6 nitrogen and oxygen atoms in total. The molecule has 4 rings (SSSR count). The van der Waals surface area contributed by atoms with E-state index in [1.807, 2.05) is 24.3 Å². The largest absolute Gasteiger partial charge is 0.353 e. The van der Waals surface area contributed by atoms with Crippen LogP contribution in [0.4, 0.5) is 5.69 Å². The Morgan fingerprint density at radius 2 is 2.19 bits per heavy atom. The van der Waals surface area contributed by atoms with Gasteiger partial charge in [-0.15, -0.1) is 0 Å². The molecule has 3 aromatic rings. The quantitative estimate of drug-likeness (QED) is 0.488. The second kappa shape index (κ2) is 5.98. The number of amides is 1. The summed E-state index contributed by atoms with van der Waals surface area (Å²) in [7, 11) is 0. The fourth-order valence-corrected chi connectivity index (χ4v) is 3.70. The zero-order valence-electron chi connectivity index (χ0n) is 14.8. The van der Waals surface area contributed by atoms with Crippen LogP contribution in [0, 0.1) is 0 Å². The SMILES string of the molecule is CC1(C)CCC(=NN)c2[nH]c3ccc(C(=O)Nc4cccnc4)cc3c21. The maximum absolute atomic E-state index is 12.6. The number of carbonyl (C=O) groups is 1. The van der Waals surface area contributed by atoms with Gasteiger partial charge in [0.2, 0.25) is 0 Å². The number of hydrogen-bond acceptors (Lipinski definition) is 4. The second-order valence-corrected chi connectivity index (χ2v) is 7.29. The summed E-state index contributed by atoms with van der Waals surface area (Å²) in [6.07, 6.45) is 5.11. The van der Waals surface area contributed by atoms with Crippen LogP contribution in [-0.2, 0) is 5.41 Å². The Morgan fingerprint density at radius 1 is 1.35 bits per heavy atom. The first kappa shape index (κ1) is 16.3. The molecule has 0 fully saturated rings. The first-order valence-electron chi connectivity index (χ1n) is 8.64. The number of rotatable bonds is 2. The summed E-state index contributed by atoms with van der Waals surface area (Å²) in [6, 6.07) is 9.31. The van der Waals surface area contributed by atoms with Crippen molar-refractivity contribution < 1.29 is 4.79 Å². The highest BCUT2D eigenvalue weighted by Gasteiger charge is 2.34. The lowest BCUT2D eigenvalue weighted by molar-refractivity contribution is 0.102. The van der Waals surface area contributed by atoms with Crippen molar-refractivity contribution in [1.82, 2.24) is 9.97 Å². The Bertz CT molecular complexity index is 1020. The van der Waals surface area contributed by atoms with Gasteiger partial charge >= 0.3 is 0 Å². The molecule has 26 heavy (non-hydrogen) atoms. The smallest absolute Gasteiger partial charge is 0.255 e. The van der Waals surface area contributed by atoms with Gasteiger partial charge in [0, 0.05) is 22.7 Å². The second-order valence-electron chi connectivity index (χ2n) is 7.29. The summed E-state index contributed by atoms with van der Waals surface area (Å²) >= 11 is 0. The van der Waals surface area contributed by atoms with E-state index in [2.05, 4.69) is 34.2 Å². The minimum absolute atomic E-state index is 0.0137. The predicted octanol–water partition coefficient (Wildman–Crippen LogP) is 3.55. The normalized spacial score (nSPS) is 17.2. The lowest BCUT2D eigenvalue weighted by Crippen LogP contribution is -2.27. The Kier molecular flexibility index (Phi) is 3.76. The molecule has 0 spiro atoms. The molecule has 0 radical (unpaired) electrons. The van der Waals surface area contributed by atoms with Gasteiger partial charge in [0.05, 0.1) is 23.3 Å². The first-order chi connectivity index (χ1) is 12.5. The van der Waals surface area contributed by atoms with E-state index in [0.29, 0.717) is 11.3 Å². The van der Waals surface area contributed by atoms with E-state index in [-0.39, 0.29) is 11.3 Å². The number of nitrogens with one attached hydrogen (secondary N) is 2. The Balaban J connectivity index is 1.79. The molecule has 1 amide bonds. The Hall–Kier alpha value is -3.15. The highest BCUT2D eigenvalue weighted by atomic mass is 16.1. The molecular weight excluding hydrogens is 326 g/mol. The molecule has 0 atom stereocenters. The van der Waals surface area contributed by atoms with Crippen molar-refractivity contribution in [2.24, 2.45) is 10.9 Å². The molecule has 2 heterocycles. The van der Waals surface area contributed by atoms with Crippen molar-refractivity contribution in [3.05, 3.63) is 59.5 Å². The zero-order valence-corrected chi connectivity index (χ0v) is 14.8. The molecule has 2 aromatic heterocycles. The van der Waals surface area contributed by atoms with E-state index in [0.717, 1.165) is 35.2 Å². The number of aromatic nitrogens is 2. The molecule has 0 saturated heterocycles. The fourth-order valence-electron chi connectivity index (χ4n) is 3.70. The van der Waals surface area contributed by atoms with Crippen LogP contribution in [0.5, 0.6) is 0 Å². The summed E-state index contributed by atoms with van der Waals surface area (Å²) in [5.41, 5.74) is 5.31. The van der Waals surface area contributed by atoms with Gasteiger partial charge < -0.3 is 16.1 Å². The van der Waals surface area contributed by atoms with Crippen molar-refractivity contribution in [2.75, 3.05) is 5.32 Å². The topological polar surface area (TPSA) is 96.2 Å². The number of hydrazone groups is 1. The molecule has 0 unspecified atom stereocenters. The molecule has 0 aliphatic heterocycles. The third-order valence-electron chi connectivity index (χ3n) is 5.09. The summed E-state index contributed by atoms with van der Waals surface area (Å²) in [6.45, 7) is 4.43. The number of H-pyrrole nitrogens is 1. The van der Waals surface area contributed by atoms with Crippen molar-refractivity contribution >= 4 is 28.2 Å². The van der Waals surface area contributed by atoms with Gasteiger partial charge in [0.1, 0.15) is 0 Å². The molecule has 0 bridgehead atoms. The number of nitrogens with two attached hydrogens (primary N) is 1. The van der Waals surface area contributed by atoms with Crippen LogP contribution >= 0.6 is 0 Å². The average molecular weight is 347 g/mol. The van der Waals surface area contributed by atoms with Gasteiger partial charge in [-0.05, 0) is 54.2 Å². The number of hydrogen-bond donors (Lipinski definition) is 3. The van der Waals surface area contributed by atoms with Gasteiger partial charge in [0.15, 0.2) is 0 Å².